The SMILES string of the molecule is Clc1ccccc1OCCCn1c(C(Sc2ccccc2)c2ccccc2)nc2ccccc21. The Hall–Kier alpha value is -3.21. The number of halogens is 1. The van der Waals surface area contributed by atoms with E-state index in [0.29, 0.717) is 11.6 Å². The highest BCUT2D eigenvalue weighted by molar-refractivity contribution is 7.99. The highest BCUT2D eigenvalue weighted by Crippen LogP contribution is 2.41. The smallest absolute Gasteiger partial charge is 0.137 e. The van der Waals surface area contributed by atoms with Crippen molar-refractivity contribution in [3.8, 4) is 5.75 Å². The Bertz CT molecular complexity index is 1350. The number of rotatable bonds is 9. The van der Waals surface area contributed by atoms with Crippen LogP contribution in [0.25, 0.3) is 11.0 Å². The van der Waals surface area contributed by atoms with Crippen LogP contribution in [0, 0.1) is 0 Å². The number of imidazole rings is 1. The number of nitrogens with zero attached hydrogens (tertiary/aromatic N) is 2. The molecule has 0 N–H and O–H groups in total. The van der Waals surface area contributed by atoms with Crippen molar-refractivity contribution in [3.05, 3.63) is 126 Å². The summed E-state index contributed by atoms with van der Waals surface area (Å²) in [7, 11) is 0. The van der Waals surface area contributed by atoms with Crippen molar-refractivity contribution in [2.45, 2.75) is 23.1 Å². The van der Waals surface area contributed by atoms with Gasteiger partial charge in [0, 0.05) is 11.4 Å². The van der Waals surface area contributed by atoms with Crippen LogP contribution in [0.4, 0.5) is 0 Å². The number of aryl methyl sites for hydroxylation is 1. The average Bonchev–Trinajstić information content (AvgIpc) is 3.25. The first-order valence-corrected chi connectivity index (χ1v) is 12.6. The van der Waals surface area contributed by atoms with Gasteiger partial charge in [-0.2, -0.15) is 0 Å². The van der Waals surface area contributed by atoms with E-state index in [4.69, 9.17) is 21.3 Å². The fourth-order valence-corrected chi connectivity index (χ4v) is 5.38. The molecule has 3 nitrogen and oxygen atoms in total. The topological polar surface area (TPSA) is 27.1 Å². The summed E-state index contributed by atoms with van der Waals surface area (Å²) in [6, 6.07) is 37.1. The molecule has 0 spiro atoms. The van der Waals surface area contributed by atoms with E-state index in [0.717, 1.165) is 35.6 Å². The Morgan fingerprint density at radius 1 is 0.794 bits per heavy atom. The van der Waals surface area contributed by atoms with E-state index in [-0.39, 0.29) is 5.25 Å². The quantitative estimate of drug-likeness (QED) is 0.156. The fraction of sp³-hybridized carbons (Fsp3) is 0.138. The summed E-state index contributed by atoms with van der Waals surface area (Å²) in [5.41, 5.74) is 3.39. The van der Waals surface area contributed by atoms with E-state index in [2.05, 4.69) is 83.4 Å². The van der Waals surface area contributed by atoms with Gasteiger partial charge >= 0.3 is 0 Å². The number of hydrogen-bond acceptors (Lipinski definition) is 3. The fourth-order valence-electron chi connectivity index (χ4n) is 4.03. The zero-order valence-corrected chi connectivity index (χ0v) is 20.3. The van der Waals surface area contributed by atoms with Crippen LogP contribution >= 0.6 is 23.4 Å². The maximum Gasteiger partial charge on any atom is 0.137 e. The van der Waals surface area contributed by atoms with Gasteiger partial charge in [-0.15, -0.1) is 11.8 Å². The van der Waals surface area contributed by atoms with E-state index in [1.165, 1.54) is 10.5 Å². The number of para-hydroxylation sites is 3. The summed E-state index contributed by atoms with van der Waals surface area (Å²) in [4.78, 5) is 6.34. The van der Waals surface area contributed by atoms with Crippen LogP contribution in [0.5, 0.6) is 5.75 Å². The largest absolute Gasteiger partial charge is 0.492 e. The molecule has 0 bridgehead atoms. The molecular weight excluding hydrogens is 460 g/mol. The van der Waals surface area contributed by atoms with E-state index in [9.17, 15) is 0 Å². The van der Waals surface area contributed by atoms with Gasteiger partial charge in [-0.25, -0.2) is 4.98 Å². The summed E-state index contributed by atoms with van der Waals surface area (Å²) in [5.74, 6) is 1.78. The van der Waals surface area contributed by atoms with Crippen molar-refractivity contribution in [1.29, 1.82) is 0 Å². The number of benzene rings is 4. The lowest BCUT2D eigenvalue weighted by Crippen LogP contribution is -2.11. The molecule has 0 saturated carbocycles. The Kier molecular flexibility index (Phi) is 7.18. The molecule has 170 valence electrons. The molecule has 0 aliphatic rings. The van der Waals surface area contributed by atoms with Crippen molar-refractivity contribution in [3.63, 3.8) is 0 Å². The monoisotopic (exact) mass is 484 g/mol. The van der Waals surface area contributed by atoms with Gasteiger partial charge < -0.3 is 9.30 Å². The van der Waals surface area contributed by atoms with Crippen molar-refractivity contribution >= 4 is 34.4 Å². The molecule has 0 aliphatic heterocycles. The minimum atomic E-state index is 0.0699. The molecule has 5 aromatic rings. The van der Waals surface area contributed by atoms with Gasteiger partial charge in [-0.05, 0) is 48.4 Å². The normalized spacial score (nSPS) is 12.0. The molecule has 0 fully saturated rings. The number of ether oxygens (including phenoxy) is 1. The van der Waals surface area contributed by atoms with Crippen LogP contribution in [0.15, 0.2) is 114 Å². The summed E-state index contributed by atoms with van der Waals surface area (Å²) in [6.07, 6.45) is 0.843. The van der Waals surface area contributed by atoms with Gasteiger partial charge in [0.05, 0.1) is 27.9 Å². The minimum Gasteiger partial charge on any atom is -0.492 e. The summed E-state index contributed by atoms with van der Waals surface area (Å²) >= 11 is 8.08. The zero-order chi connectivity index (χ0) is 23.2. The average molecular weight is 485 g/mol. The summed E-state index contributed by atoms with van der Waals surface area (Å²) < 4.78 is 8.30. The summed E-state index contributed by atoms with van der Waals surface area (Å²) in [6.45, 7) is 1.39. The standard InChI is InChI=1S/C29H25ClN2OS/c30-24-16-7-10-19-27(24)33-21-11-20-32-26-18-9-8-17-25(26)31-29(32)28(22-12-3-1-4-13-22)34-23-14-5-2-6-15-23/h1-10,12-19,28H,11,20-21H2. The van der Waals surface area contributed by atoms with Crippen LogP contribution < -0.4 is 4.74 Å². The van der Waals surface area contributed by atoms with Crippen molar-refractivity contribution in [1.82, 2.24) is 9.55 Å². The molecule has 0 radical (unpaired) electrons. The second-order valence-electron chi connectivity index (χ2n) is 7.96. The maximum absolute atomic E-state index is 6.25. The van der Waals surface area contributed by atoms with Gasteiger partial charge in [0.15, 0.2) is 0 Å². The minimum absolute atomic E-state index is 0.0699. The lowest BCUT2D eigenvalue weighted by atomic mass is 10.1. The summed E-state index contributed by atoms with van der Waals surface area (Å²) in [5, 5.41) is 0.708. The Morgan fingerprint density at radius 3 is 2.26 bits per heavy atom. The lowest BCUT2D eigenvalue weighted by Gasteiger charge is -2.19. The van der Waals surface area contributed by atoms with Gasteiger partial charge in [-0.1, -0.05) is 84.4 Å². The molecule has 0 saturated heterocycles. The van der Waals surface area contributed by atoms with Gasteiger partial charge in [0.25, 0.3) is 0 Å². The first kappa shape index (κ1) is 22.6. The van der Waals surface area contributed by atoms with E-state index in [1.807, 2.05) is 42.1 Å². The van der Waals surface area contributed by atoms with Crippen molar-refractivity contribution in [2.24, 2.45) is 0 Å². The van der Waals surface area contributed by atoms with Crippen LogP contribution in [0.1, 0.15) is 23.1 Å². The Morgan fingerprint density at radius 2 is 1.47 bits per heavy atom. The van der Waals surface area contributed by atoms with Gasteiger partial charge in [0.1, 0.15) is 11.6 Å². The molecule has 5 heteroatoms. The van der Waals surface area contributed by atoms with Crippen LogP contribution in [0.2, 0.25) is 5.02 Å². The molecule has 4 aromatic carbocycles. The Labute approximate surface area is 209 Å². The van der Waals surface area contributed by atoms with E-state index < -0.39 is 0 Å². The van der Waals surface area contributed by atoms with E-state index in [1.54, 1.807) is 0 Å². The molecule has 1 aromatic heterocycles. The van der Waals surface area contributed by atoms with Crippen LogP contribution in [-0.4, -0.2) is 16.2 Å². The molecule has 0 amide bonds. The van der Waals surface area contributed by atoms with Gasteiger partial charge in [-0.3, -0.25) is 0 Å². The first-order chi connectivity index (χ1) is 16.8. The highest BCUT2D eigenvalue weighted by Gasteiger charge is 2.23. The van der Waals surface area contributed by atoms with Crippen molar-refractivity contribution < 1.29 is 4.74 Å². The third-order valence-electron chi connectivity index (χ3n) is 5.64. The molecule has 1 unspecified atom stereocenters. The maximum atomic E-state index is 6.25. The van der Waals surface area contributed by atoms with Crippen LogP contribution in [-0.2, 0) is 6.54 Å². The second kappa shape index (κ2) is 10.8. The lowest BCUT2D eigenvalue weighted by molar-refractivity contribution is 0.302. The molecule has 34 heavy (non-hydrogen) atoms. The molecule has 5 rings (SSSR count). The highest BCUT2D eigenvalue weighted by atomic mass is 35.5. The predicted octanol–water partition coefficient (Wildman–Crippen LogP) is 8.04. The predicted molar refractivity (Wildman–Crippen MR) is 142 cm³/mol. The first-order valence-electron chi connectivity index (χ1n) is 11.4. The molecule has 1 atom stereocenters. The third-order valence-corrected chi connectivity index (χ3v) is 7.21. The molecule has 1 heterocycles. The molecule has 0 aliphatic carbocycles. The zero-order valence-electron chi connectivity index (χ0n) is 18.7. The van der Waals surface area contributed by atoms with E-state index >= 15 is 0 Å². The number of thioether (sulfide) groups is 1. The van der Waals surface area contributed by atoms with Crippen molar-refractivity contribution in [2.75, 3.05) is 6.61 Å². The Balaban J connectivity index is 1.46. The number of hydrogen-bond donors (Lipinski definition) is 0. The van der Waals surface area contributed by atoms with Crippen LogP contribution in [0.3, 0.4) is 0 Å². The van der Waals surface area contributed by atoms with Gasteiger partial charge in [0.2, 0.25) is 0 Å². The molecular formula is C29H25ClN2OS. The second-order valence-corrected chi connectivity index (χ2v) is 9.55. The number of fused-ring (bicyclic) bond motifs is 1. The number of aromatic nitrogens is 2. The third kappa shape index (κ3) is 5.14.